The number of nitrogen functional groups attached to an aromatic ring is 1. The van der Waals surface area contributed by atoms with Crippen molar-refractivity contribution >= 4 is 40.6 Å². The van der Waals surface area contributed by atoms with Gasteiger partial charge >= 0.3 is 0 Å². The monoisotopic (exact) mass is 524 g/mol. The molecule has 0 spiro atoms. The Hall–Kier alpha value is -4.19. The maximum atomic E-state index is 14.2. The number of aromatic nitrogens is 2. The number of nitrogens with two attached hydrogens (primary N) is 2. The van der Waals surface area contributed by atoms with Crippen LogP contribution in [0.1, 0.15) is 57.4 Å². The van der Waals surface area contributed by atoms with Crippen LogP contribution in [-0.4, -0.2) is 47.3 Å². The molecule has 1 atom stereocenters. The van der Waals surface area contributed by atoms with E-state index in [4.69, 9.17) is 20.9 Å². The molecule has 3 amide bonds. The van der Waals surface area contributed by atoms with E-state index in [1.54, 1.807) is 42.7 Å². The van der Waals surface area contributed by atoms with Crippen LogP contribution in [-0.2, 0) is 4.79 Å². The van der Waals surface area contributed by atoms with Crippen molar-refractivity contribution in [3.63, 3.8) is 0 Å². The van der Waals surface area contributed by atoms with Gasteiger partial charge in [-0.1, -0.05) is 12.8 Å². The summed E-state index contributed by atoms with van der Waals surface area (Å²) in [5, 5.41) is 3.10. The first kappa shape index (κ1) is 25.9. The number of carbonyl (C=O) groups excluding carboxylic acids is 3. The zero-order valence-corrected chi connectivity index (χ0v) is 21.3. The Morgan fingerprint density at radius 3 is 2.41 bits per heavy atom. The molecule has 0 aliphatic heterocycles. The van der Waals surface area contributed by atoms with Crippen LogP contribution >= 0.6 is 11.5 Å². The van der Waals surface area contributed by atoms with Gasteiger partial charge in [-0.2, -0.15) is 4.37 Å². The van der Waals surface area contributed by atoms with Gasteiger partial charge in [-0.05, 0) is 54.2 Å². The van der Waals surface area contributed by atoms with Gasteiger partial charge in [0.2, 0.25) is 5.91 Å². The van der Waals surface area contributed by atoms with E-state index in [-0.39, 0.29) is 28.2 Å². The van der Waals surface area contributed by atoms with Gasteiger partial charge < -0.3 is 26.3 Å². The number of carbonyl (C=O) groups is 3. The highest BCUT2D eigenvalue weighted by Gasteiger charge is 2.38. The van der Waals surface area contributed by atoms with E-state index in [2.05, 4.69) is 14.7 Å². The van der Waals surface area contributed by atoms with E-state index < -0.39 is 17.9 Å². The summed E-state index contributed by atoms with van der Waals surface area (Å²) in [7, 11) is 2.96. The average Bonchev–Trinajstić information content (AvgIpc) is 3.56. The average molecular weight is 525 g/mol. The van der Waals surface area contributed by atoms with Crippen molar-refractivity contribution in [2.24, 2.45) is 5.73 Å². The summed E-state index contributed by atoms with van der Waals surface area (Å²) >= 11 is 0.737. The topological polar surface area (TPSA) is 163 Å². The third-order valence-corrected chi connectivity index (χ3v) is 7.10. The zero-order valence-electron chi connectivity index (χ0n) is 20.5. The second-order valence-electron chi connectivity index (χ2n) is 8.52. The molecule has 2 heterocycles. The summed E-state index contributed by atoms with van der Waals surface area (Å²) in [5.74, 6) is -1.08. The van der Waals surface area contributed by atoms with Crippen LogP contribution in [0.15, 0.2) is 42.7 Å². The van der Waals surface area contributed by atoms with Crippen LogP contribution in [0.4, 0.5) is 11.4 Å². The molecule has 12 heteroatoms. The summed E-state index contributed by atoms with van der Waals surface area (Å²) in [5.41, 5.74) is 12.0. The minimum absolute atomic E-state index is 0.00138. The molecule has 1 saturated carbocycles. The molecular weight excluding hydrogens is 496 g/mol. The number of anilines is 2. The van der Waals surface area contributed by atoms with Gasteiger partial charge in [0, 0.05) is 24.5 Å². The molecule has 0 bridgehead atoms. The Balaban J connectivity index is 1.90. The number of methoxy groups -OCH3 is 2. The van der Waals surface area contributed by atoms with Gasteiger partial charge in [0.05, 0.1) is 25.6 Å². The van der Waals surface area contributed by atoms with Crippen molar-refractivity contribution in [3.05, 3.63) is 58.9 Å². The van der Waals surface area contributed by atoms with Crippen LogP contribution in [0.25, 0.3) is 0 Å². The first-order chi connectivity index (χ1) is 17.8. The largest absolute Gasteiger partial charge is 0.497 e. The minimum atomic E-state index is -1.11. The number of rotatable bonds is 9. The van der Waals surface area contributed by atoms with E-state index in [0.29, 0.717) is 22.7 Å². The number of hydrogen-bond donors (Lipinski definition) is 3. The Kier molecular flexibility index (Phi) is 7.87. The van der Waals surface area contributed by atoms with Crippen LogP contribution < -0.4 is 31.2 Å². The second kappa shape index (κ2) is 11.2. The second-order valence-corrected chi connectivity index (χ2v) is 9.30. The van der Waals surface area contributed by atoms with Crippen LogP contribution in [0.5, 0.6) is 11.5 Å². The summed E-state index contributed by atoms with van der Waals surface area (Å²) in [6.45, 7) is 0. The number of hydrogen-bond acceptors (Lipinski definition) is 9. The molecule has 2 aromatic heterocycles. The SMILES string of the molecule is COc1ccc(N(C(=O)c2snc(C(N)=O)c2N)[C@@H](C(=O)NC2CCCC2)c2ccncc2)c(OC)c1. The molecule has 1 aromatic carbocycles. The number of primary amides is 1. The van der Waals surface area contributed by atoms with E-state index in [9.17, 15) is 14.4 Å². The van der Waals surface area contributed by atoms with E-state index in [1.165, 1.54) is 19.1 Å². The lowest BCUT2D eigenvalue weighted by molar-refractivity contribution is -0.123. The van der Waals surface area contributed by atoms with Gasteiger partial charge in [0.15, 0.2) is 5.69 Å². The Morgan fingerprint density at radius 2 is 1.81 bits per heavy atom. The molecule has 1 aliphatic carbocycles. The lowest BCUT2D eigenvalue weighted by atomic mass is 10.0. The van der Waals surface area contributed by atoms with Crippen LogP contribution in [0.3, 0.4) is 0 Å². The van der Waals surface area contributed by atoms with Crippen molar-refractivity contribution < 1.29 is 23.9 Å². The highest BCUT2D eigenvalue weighted by Crippen LogP contribution is 2.40. The molecule has 0 saturated heterocycles. The lowest BCUT2D eigenvalue weighted by Crippen LogP contribution is -2.46. The number of nitrogens with one attached hydrogen (secondary N) is 1. The fourth-order valence-corrected chi connectivity index (χ4v) is 5.14. The first-order valence-electron chi connectivity index (χ1n) is 11.7. The number of benzene rings is 1. The summed E-state index contributed by atoms with van der Waals surface area (Å²) < 4.78 is 14.9. The lowest BCUT2D eigenvalue weighted by Gasteiger charge is -2.33. The summed E-state index contributed by atoms with van der Waals surface area (Å²) in [6, 6.07) is 7.11. The fraction of sp³-hybridized carbons (Fsp3) is 0.320. The van der Waals surface area contributed by atoms with Gasteiger partial charge in [-0.3, -0.25) is 24.3 Å². The molecule has 5 N–H and O–H groups in total. The summed E-state index contributed by atoms with van der Waals surface area (Å²) in [4.78, 5) is 45.1. The highest BCUT2D eigenvalue weighted by atomic mass is 32.1. The first-order valence-corrected chi connectivity index (χ1v) is 12.4. The number of ether oxygens (including phenoxy) is 2. The molecule has 3 aromatic rings. The third-order valence-electron chi connectivity index (χ3n) is 6.25. The maximum Gasteiger partial charge on any atom is 0.273 e. The standard InChI is InChI=1S/C25H28N6O5S/c1-35-16-7-8-17(18(13-16)36-2)31(25(34)22-19(26)20(23(27)32)30-37-22)21(14-9-11-28-12-10-14)24(33)29-15-5-3-4-6-15/h7-13,15,21H,3-6,26H2,1-2H3,(H2,27,32)(H,29,33)/t21-/m1/s1. The number of nitrogens with zero attached hydrogens (tertiary/aromatic N) is 3. The van der Waals surface area contributed by atoms with Crippen molar-refractivity contribution in [1.29, 1.82) is 0 Å². The Bertz CT molecular complexity index is 1290. The third kappa shape index (κ3) is 5.33. The normalized spacial score (nSPS) is 14.1. The molecule has 11 nitrogen and oxygen atoms in total. The van der Waals surface area contributed by atoms with Crippen LogP contribution in [0, 0.1) is 0 Å². The van der Waals surface area contributed by atoms with Crippen molar-refractivity contribution in [2.75, 3.05) is 24.9 Å². The predicted octanol–water partition coefficient (Wildman–Crippen LogP) is 2.68. The van der Waals surface area contributed by atoms with Crippen molar-refractivity contribution in [2.45, 2.75) is 37.8 Å². The minimum Gasteiger partial charge on any atom is -0.497 e. The molecule has 1 fully saturated rings. The van der Waals surface area contributed by atoms with Crippen molar-refractivity contribution in [1.82, 2.24) is 14.7 Å². The summed E-state index contributed by atoms with van der Waals surface area (Å²) in [6.07, 6.45) is 6.85. The van der Waals surface area contributed by atoms with Gasteiger partial charge in [0.1, 0.15) is 22.4 Å². The molecule has 194 valence electrons. The molecule has 4 rings (SSSR count). The van der Waals surface area contributed by atoms with Crippen molar-refractivity contribution in [3.8, 4) is 11.5 Å². The van der Waals surface area contributed by atoms with E-state index >= 15 is 0 Å². The number of amides is 3. The zero-order chi connectivity index (χ0) is 26.5. The predicted molar refractivity (Wildman–Crippen MR) is 139 cm³/mol. The van der Waals surface area contributed by atoms with Gasteiger partial charge in [-0.25, -0.2) is 0 Å². The Morgan fingerprint density at radius 1 is 1.11 bits per heavy atom. The number of pyridine rings is 1. The van der Waals surface area contributed by atoms with Crippen LogP contribution in [0.2, 0.25) is 0 Å². The smallest absolute Gasteiger partial charge is 0.273 e. The van der Waals surface area contributed by atoms with E-state index in [1.807, 2.05) is 0 Å². The highest BCUT2D eigenvalue weighted by molar-refractivity contribution is 7.09. The molecular formula is C25H28N6O5S. The molecule has 37 heavy (non-hydrogen) atoms. The van der Waals surface area contributed by atoms with Gasteiger partial charge in [-0.15, -0.1) is 0 Å². The Labute approximate surface area is 217 Å². The fourth-order valence-electron chi connectivity index (χ4n) is 4.40. The van der Waals surface area contributed by atoms with Gasteiger partial charge in [0.25, 0.3) is 11.8 Å². The van der Waals surface area contributed by atoms with E-state index in [0.717, 1.165) is 37.2 Å². The quantitative estimate of drug-likeness (QED) is 0.385. The maximum absolute atomic E-state index is 14.2. The molecule has 0 unspecified atom stereocenters. The molecule has 0 radical (unpaired) electrons. The molecule has 1 aliphatic rings.